The van der Waals surface area contributed by atoms with Crippen molar-refractivity contribution in [3.8, 4) is 12.3 Å². The molecule has 4 nitrogen and oxygen atoms in total. The molecule has 1 amide bonds. The first-order valence-corrected chi connectivity index (χ1v) is 8.57. The van der Waals surface area contributed by atoms with E-state index in [2.05, 4.69) is 5.92 Å². The Morgan fingerprint density at radius 1 is 1.33 bits per heavy atom. The highest BCUT2D eigenvalue weighted by Crippen LogP contribution is 2.46. The quantitative estimate of drug-likeness (QED) is 0.840. The minimum absolute atomic E-state index is 0.00519. The van der Waals surface area contributed by atoms with Gasteiger partial charge in [-0.15, -0.1) is 23.7 Å². The number of anilines is 1. The Morgan fingerprint density at radius 2 is 2.04 bits per heavy atom. The zero-order chi connectivity index (χ0) is 17.3. The summed E-state index contributed by atoms with van der Waals surface area (Å²) in [5, 5.41) is 0.321. The summed E-state index contributed by atoms with van der Waals surface area (Å²) in [5.74, 6) is 2.06. The lowest BCUT2D eigenvalue weighted by atomic mass is 9.66. The summed E-state index contributed by atoms with van der Waals surface area (Å²) in [6.07, 6.45) is 7.73. The van der Waals surface area contributed by atoms with Crippen molar-refractivity contribution < 1.29 is 9.59 Å². The van der Waals surface area contributed by atoms with Gasteiger partial charge in [-0.1, -0.05) is 30.3 Å². The van der Waals surface area contributed by atoms with Crippen LogP contribution in [0.15, 0.2) is 30.3 Å². The molecule has 1 aliphatic rings. The molecule has 1 aromatic heterocycles. The van der Waals surface area contributed by atoms with E-state index in [0.717, 1.165) is 16.9 Å². The number of hydrogen-bond acceptors (Lipinski definition) is 4. The zero-order valence-corrected chi connectivity index (χ0v) is 14.0. The number of primary amides is 1. The number of amides is 1. The van der Waals surface area contributed by atoms with Crippen molar-refractivity contribution >= 4 is 28.0 Å². The Balaban J connectivity index is 2.14. The zero-order valence-electron chi connectivity index (χ0n) is 13.2. The van der Waals surface area contributed by atoms with Crippen LogP contribution in [-0.4, -0.2) is 11.7 Å². The van der Waals surface area contributed by atoms with E-state index in [9.17, 15) is 9.59 Å². The van der Waals surface area contributed by atoms with Gasteiger partial charge in [0.15, 0.2) is 5.78 Å². The summed E-state index contributed by atoms with van der Waals surface area (Å²) < 4.78 is 0. The van der Waals surface area contributed by atoms with Crippen LogP contribution in [0.25, 0.3) is 0 Å². The van der Waals surface area contributed by atoms with Crippen LogP contribution in [0.4, 0.5) is 5.00 Å². The van der Waals surface area contributed by atoms with Crippen LogP contribution in [0.3, 0.4) is 0 Å². The summed E-state index contributed by atoms with van der Waals surface area (Å²) in [6.45, 7) is 0. The van der Waals surface area contributed by atoms with Crippen LogP contribution in [0.1, 0.15) is 50.4 Å². The van der Waals surface area contributed by atoms with Crippen LogP contribution in [0, 0.1) is 12.3 Å². The number of hydrogen-bond donors (Lipinski definition) is 2. The van der Waals surface area contributed by atoms with Gasteiger partial charge in [-0.3, -0.25) is 9.59 Å². The molecule has 4 N–H and O–H groups in total. The third-order valence-electron chi connectivity index (χ3n) is 4.75. The monoisotopic (exact) mass is 338 g/mol. The van der Waals surface area contributed by atoms with Gasteiger partial charge in [-0.25, -0.2) is 0 Å². The molecular formula is C19H18N2O2S. The number of carbonyl (C=O) groups excluding carboxylic acids is 2. The highest BCUT2D eigenvalue weighted by atomic mass is 32.1. The van der Waals surface area contributed by atoms with Crippen molar-refractivity contribution in [2.75, 3.05) is 5.73 Å². The van der Waals surface area contributed by atoms with Crippen LogP contribution in [0.2, 0.25) is 0 Å². The lowest BCUT2D eigenvalue weighted by Crippen LogP contribution is -2.40. The molecule has 0 aliphatic heterocycles. The van der Waals surface area contributed by atoms with Crippen molar-refractivity contribution in [2.45, 2.75) is 31.1 Å². The van der Waals surface area contributed by atoms with E-state index < -0.39 is 11.3 Å². The van der Waals surface area contributed by atoms with Gasteiger partial charge in [-0.05, 0) is 30.4 Å². The molecule has 1 aromatic carbocycles. The SMILES string of the molecule is C#CCCC1(c2ccccc2)CCc2c(sc(N)c2C(N)=O)C1=O. The highest BCUT2D eigenvalue weighted by Gasteiger charge is 2.45. The summed E-state index contributed by atoms with van der Waals surface area (Å²) >= 11 is 1.16. The Morgan fingerprint density at radius 3 is 2.67 bits per heavy atom. The first kappa shape index (κ1) is 16.3. The number of nitrogen functional groups attached to an aromatic ring is 1. The van der Waals surface area contributed by atoms with Crippen LogP contribution >= 0.6 is 11.3 Å². The second-order valence-electron chi connectivity index (χ2n) is 5.99. The minimum atomic E-state index is -0.660. The minimum Gasteiger partial charge on any atom is -0.390 e. The van der Waals surface area contributed by atoms with Gasteiger partial charge in [0, 0.05) is 6.42 Å². The van der Waals surface area contributed by atoms with E-state index in [1.165, 1.54) is 0 Å². The molecule has 0 saturated heterocycles. The van der Waals surface area contributed by atoms with Crippen LogP contribution < -0.4 is 11.5 Å². The van der Waals surface area contributed by atoms with E-state index in [1.807, 2.05) is 30.3 Å². The first-order valence-electron chi connectivity index (χ1n) is 7.76. The Labute approximate surface area is 144 Å². The van der Waals surface area contributed by atoms with E-state index in [0.29, 0.717) is 46.7 Å². The van der Waals surface area contributed by atoms with Gasteiger partial charge in [0.25, 0.3) is 5.91 Å². The summed E-state index contributed by atoms with van der Waals surface area (Å²) in [5.41, 5.74) is 12.7. The maximum absolute atomic E-state index is 13.4. The second-order valence-corrected chi connectivity index (χ2v) is 7.05. The maximum atomic E-state index is 13.4. The molecule has 0 radical (unpaired) electrons. The van der Waals surface area contributed by atoms with Gasteiger partial charge in [0.05, 0.1) is 20.9 Å². The van der Waals surface area contributed by atoms with E-state index in [1.54, 1.807) is 0 Å². The predicted octanol–water partition coefficient (Wildman–Crippen LogP) is 2.91. The predicted molar refractivity (Wildman–Crippen MR) is 96.1 cm³/mol. The lowest BCUT2D eigenvalue weighted by molar-refractivity contribution is 0.0856. The molecule has 5 heteroatoms. The van der Waals surface area contributed by atoms with Gasteiger partial charge in [0.1, 0.15) is 0 Å². The van der Waals surface area contributed by atoms with Crippen molar-refractivity contribution in [1.82, 2.24) is 0 Å². The van der Waals surface area contributed by atoms with Gasteiger partial charge in [0.2, 0.25) is 0 Å². The smallest absolute Gasteiger partial charge is 0.251 e. The molecule has 122 valence electrons. The van der Waals surface area contributed by atoms with Crippen molar-refractivity contribution in [1.29, 1.82) is 0 Å². The molecule has 1 atom stereocenters. The number of thiophene rings is 1. The summed E-state index contributed by atoms with van der Waals surface area (Å²) in [4.78, 5) is 25.6. The van der Waals surface area contributed by atoms with Gasteiger partial charge >= 0.3 is 0 Å². The topological polar surface area (TPSA) is 86.2 Å². The molecule has 1 aliphatic carbocycles. The molecule has 1 unspecified atom stereocenters. The largest absolute Gasteiger partial charge is 0.390 e. The second kappa shape index (κ2) is 6.14. The molecule has 0 spiro atoms. The number of Topliss-reactive ketones (excluding diaryl/α,β-unsaturated/α-hetero) is 1. The molecule has 3 rings (SSSR count). The number of carbonyl (C=O) groups is 2. The average molecular weight is 338 g/mol. The third kappa shape index (κ3) is 2.40. The lowest BCUT2D eigenvalue weighted by Gasteiger charge is -2.36. The fourth-order valence-corrected chi connectivity index (χ4v) is 4.71. The average Bonchev–Trinajstić information content (AvgIpc) is 2.92. The fraction of sp³-hybridized carbons (Fsp3) is 0.263. The number of benzene rings is 1. The van der Waals surface area contributed by atoms with E-state index >= 15 is 0 Å². The number of fused-ring (bicyclic) bond motifs is 1. The molecule has 2 aromatic rings. The van der Waals surface area contributed by atoms with Gasteiger partial charge < -0.3 is 11.5 Å². The van der Waals surface area contributed by atoms with Crippen molar-refractivity contribution in [2.24, 2.45) is 5.73 Å². The molecular weight excluding hydrogens is 320 g/mol. The molecule has 0 fully saturated rings. The van der Waals surface area contributed by atoms with Crippen LogP contribution in [0.5, 0.6) is 0 Å². The number of nitrogens with two attached hydrogens (primary N) is 2. The third-order valence-corrected chi connectivity index (χ3v) is 5.81. The summed E-state index contributed by atoms with van der Waals surface area (Å²) in [6, 6.07) is 9.70. The first-order chi connectivity index (χ1) is 11.5. The van der Waals surface area contributed by atoms with E-state index in [4.69, 9.17) is 17.9 Å². The van der Waals surface area contributed by atoms with Crippen LogP contribution in [-0.2, 0) is 11.8 Å². The Kier molecular flexibility index (Phi) is 4.16. The number of terminal acetylenes is 1. The van der Waals surface area contributed by atoms with Crippen molar-refractivity contribution in [3.05, 3.63) is 51.9 Å². The fourth-order valence-electron chi connectivity index (χ4n) is 3.55. The highest BCUT2D eigenvalue weighted by molar-refractivity contribution is 7.18. The van der Waals surface area contributed by atoms with Gasteiger partial charge in [-0.2, -0.15) is 0 Å². The molecule has 24 heavy (non-hydrogen) atoms. The molecule has 1 heterocycles. The van der Waals surface area contributed by atoms with Crippen molar-refractivity contribution in [3.63, 3.8) is 0 Å². The molecule has 0 saturated carbocycles. The number of ketones is 1. The maximum Gasteiger partial charge on any atom is 0.251 e. The Hall–Kier alpha value is -2.58. The Bertz CT molecular complexity index is 848. The summed E-state index contributed by atoms with van der Waals surface area (Å²) in [7, 11) is 0. The standard InChI is InChI=1S/C19H18N2O2S/c1-2-3-10-19(12-7-5-4-6-8-12)11-9-13-14(17(20)23)18(21)24-15(13)16(19)22/h1,4-8H,3,9-11,21H2,(H2,20,23). The normalized spacial score (nSPS) is 19.5. The number of rotatable bonds is 4. The molecule has 0 bridgehead atoms. The van der Waals surface area contributed by atoms with E-state index in [-0.39, 0.29) is 5.78 Å².